The van der Waals surface area contributed by atoms with E-state index in [9.17, 15) is 17.6 Å². The number of hydrogen-bond acceptors (Lipinski definition) is 4. The molecule has 4 rings (SSSR count). The Bertz CT molecular complexity index is 1090. The highest BCUT2D eigenvalue weighted by Gasteiger charge is 2.33. The molecule has 6 nitrogen and oxygen atoms in total. The number of anilines is 1. The lowest BCUT2D eigenvalue weighted by atomic mass is 9.97. The van der Waals surface area contributed by atoms with Crippen molar-refractivity contribution in [3.63, 3.8) is 0 Å². The molecule has 3 atom stereocenters. The summed E-state index contributed by atoms with van der Waals surface area (Å²) in [5.74, 6) is -0.336. The van der Waals surface area contributed by atoms with Crippen LogP contribution in [0.15, 0.2) is 53.4 Å². The van der Waals surface area contributed by atoms with Gasteiger partial charge in [0.05, 0.1) is 16.9 Å². The molecule has 184 valence electrons. The Morgan fingerprint density at radius 3 is 2.35 bits per heavy atom. The fourth-order valence-electron chi connectivity index (χ4n) is 4.94. The van der Waals surface area contributed by atoms with Gasteiger partial charge in [0, 0.05) is 31.9 Å². The van der Waals surface area contributed by atoms with Crippen molar-refractivity contribution in [3.8, 4) is 0 Å². The smallest absolute Gasteiger partial charge is 0.243 e. The number of nitrogens with zero attached hydrogens (tertiary/aromatic N) is 2. The Labute approximate surface area is 202 Å². The van der Waals surface area contributed by atoms with E-state index in [0.717, 1.165) is 30.8 Å². The van der Waals surface area contributed by atoms with Gasteiger partial charge < -0.3 is 10.2 Å². The lowest BCUT2D eigenvalue weighted by Gasteiger charge is -2.33. The fraction of sp³-hybridized carbons (Fsp3) is 0.500. The number of amides is 1. The second-order valence-electron chi connectivity index (χ2n) is 9.67. The third kappa shape index (κ3) is 5.61. The van der Waals surface area contributed by atoms with Crippen molar-refractivity contribution < 1.29 is 17.6 Å². The first kappa shape index (κ1) is 24.7. The number of carbonyl (C=O) groups is 1. The number of nitrogens with one attached hydrogen (secondary N) is 1. The van der Waals surface area contributed by atoms with Gasteiger partial charge in [-0.3, -0.25) is 4.79 Å². The molecule has 1 amide bonds. The highest BCUT2D eigenvalue weighted by Crippen LogP contribution is 2.27. The summed E-state index contributed by atoms with van der Waals surface area (Å²) < 4.78 is 40.5. The van der Waals surface area contributed by atoms with Crippen LogP contribution < -0.4 is 10.2 Å². The van der Waals surface area contributed by atoms with E-state index in [-0.39, 0.29) is 23.4 Å². The normalized spacial score (nSPS) is 22.9. The number of rotatable bonds is 6. The zero-order valence-electron chi connectivity index (χ0n) is 19.9. The summed E-state index contributed by atoms with van der Waals surface area (Å²) >= 11 is 0. The molecule has 0 saturated carbocycles. The van der Waals surface area contributed by atoms with Crippen LogP contribution in [0.3, 0.4) is 0 Å². The van der Waals surface area contributed by atoms with Crippen molar-refractivity contribution in [2.45, 2.75) is 50.5 Å². The highest BCUT2D eigenvalue weighted by molar-refractivity contribution is 7.89. The van der Waals surface area contributed by atoms with E-state index in [1.54, 1.807) is 0 Å². The topological polar surface area (TPSA) is 69.7 Å². The Balaban J connectivity index is 1.36. The van der Waals surface area contributed by atoms with E-state index in [2.05, 4.69) is 41.4 Å². The second-order valence-corrected chi connectivity index (χ2v) is 11.6. The minimum absolute atomic E-state index is 0.0477. The number of sulfonamides is 1. The van der Waals surface area contributed by atoms with Crippen molar-refractivity contribution in [2.24, 2.45) is 11.8 Å². The quantitative estimate of drug-likeness (QED) is 0.658. The molecule has 1 N–H and O–H groups in total. The zero-order valence-corrected chi connectivity index (χ0v) is 20.7. The summed E-state index contributed by atoms with van der Waals surface area (Å²) in [5.41, 5.74) is 2.23. The summed E-state index contributed by atoms with van der Waals surface area (Å²) in [7, 11) is -3.76. The van der Waals surface area contributed by atoms with Gasteiger partial charge in [-0.25, -0.2) is 12.8 Å². The van der Waals surface area contributed by atoms with Gasteiger partial charge in [0.15, 0.2) is 0 Å². The van der Waals surface area contributed by atoms with Gasteiger partial charge in [0.25, 0.3) is 0 Å². The molecule has 0 bridgehead atoms. The lowest BCUT2D eigenvalue weighted by Crippen LogP contribution is -2.45. The molecule has 34 heavy (non-hydrogen) atoms. The molecule has 2 aromatic carbocycles. The Morgan fingerprint density at radius 2 is 1.68 bits per heavy atom. The molecule has 0 aromatic heterocycles. The predicted octanol–water partition coefficient (Wildman–Crippen LogP) is 4.34. The van der Waals surface area contributed by atoms with Crippen molar-refractivity contribution in [3.05, 3.63) is 59.9 Å². The van der Waals surface area contributed by atoms with Crippen LogP contribution in [0.4, 0.5) is 10.1 Å². The van der Waals surface area contributed by atoms with Crippen molar-refractivity contribution in [1.82, 2.24) is 9.62 Å². The number of piperidine rings is 2. The maximum absolute atomic E-state index is 13.2. The first-order valence-electron chi connectivity index (χ1n) is 12.1. The molecule has 2 saturated heterocycles. The SMILES string of the molecule is C[C@@H]1CCCN(c2ccc([C@@H](C)NC(=O)[C@@H]3CCCN(S(=O)(=O)c4ccc(F)cc4)C3)cc2)C1. The molecule has 0 unspecified atom stereocenters. The summed E-state index contributed by atoms with van der Waals surface area (Å²) in [5, 5.41) is 3.07. The summed E-state index contributed by atoms with van der Waals surface area (Å²) in [4.78, 5) is 15.5. The third-order valence-electron chi connectivity index (χ3n) is 6.98. The number of halogens is 1. The van der Waals surface area contributed by atoms with Crippen LogP contribution in [0.25, 0.3) is 0 Å². The Morgan fingerprint density at radius 1 is 1.00 bits per heavy atom. The van der Waals surface area contributed by atoms with Gasteiger partial charge in [-0.2, -0.15) is 4.31 Å². The average Bonchev–Trinajstić information content (AvgIpc) is 2.84. The van der Waals surface area contributed by atoms with E-state index in [4.69, 9.17) is 0 Å². The van der Waals surface area contributed by atoms with Crippen LogP contribution in [0.2, 0.25) is 0 Å². The van der Waals surface area contributed by atoms with Crippen LogP contribution >= 0.6 is 0 Å². The molecule has 8 heteroatoms. The molecule has 2 heterocycles. The summed E-state index contributed by atoms with van der Waals surface area (Å²) in [6, 6.07) is 13.0. The molecular formula is C26H34FN3O3S. The maximum Gasteiger partial charge on any atom is 0.243 e. The van der Waals surface area contributed by atoms with Gasteiger partial charge in [-0.05, 0) is 80.5 Å². The van der Waals surface area contributed by atoms with Gasteiger partial charge in [-0.1, -0.05) is 19.1 Å². The van der Waals surface area contributed by atoms with E-state index < -0.39 is 21.8 Å². The molecule has 0 aliphatic carbocycles. The van der Waals surface area contributed by atoms with E-state index in [0.29, 0.717) is 25.3 Å². The van der Waals surface area contributed by atoms with Gasteiger partial charge in [0.2, 0.25) is 15.9 Å². The van der Waals surface area contributed by atoms with Crippen molar-refractivity contribution in [1.29, 1.82) is 0 Å². The van der Waals surface area contributed by atoms with Gasteiger partial charge in [-0.15, -0.1) is 0 Å². The van der Waals surface area contributed by atoms with Crippen molar-refractivity contribution in [2.75, 3.05) is 31.1 Å². The number of hydrogen-bond donors (Lipinski definition) is 1. The molecule has 0 radical (unpaired) electrons. The van der Waals surface area contributed by atoms with Crippen LogP contribution in [-0.2, 0) is 14.8 Å². The van der Waals surface area contributed by atoms with Gasteiger partial charge >= 0.3 is 0 Å². The zero-order chi connectivity index (χ0) is 24.3. The van der Waals surface area contributed by atoms with E-state index in [1.165, 1.54) is 35.0 Å². The van der Waals surface area contributed by atoms with Crippen LogP contribution in [-0.4, -0.2) is 44.8 Å². The Kier molecular flexibility index (Phi) is 7.57. The first-order chi connectivity index (χ1) is 16.2. The van der Waals surface area contributed by atoms with E-state index in [1.807, 2.05) is 6.92 Å². The second kappa shape index (κ2) is 10.4. The number of carbonyl (C=O) groups excluding carboxylic acids is 1. The summed E-state index contributed by atoms with van der Waals surface area (Å²) in [6.07, 6.45) is 3.74. The van der Waals surface area contributed by atoms with E-state index >= 15 is 0 Å². The van der Waals surface area contributed by atoms with Gasteiger partial charge in [0.1, 0.15) is 5.82 Å². The van der Waals surface area contributed by atoms with Crippen LogP contribution in [0.5, 0.6) is 0 Å². The van der Waals surface area contributed by atoms with Crippen LogP contribution in [0, 0.1) is 17.7 Å². The molecule has 2 aliphatic rings. The maximum atomic E-state index is 13.2. The monoisotopic (exact) mass is 487 g/mol. The largest absolute Gasteiger partial charge is 0.371 e. The molecule has 2 fully saturated rings. The van der Waals surface area contributed by atoms with Crippen LogP contribution in [0.1, 0.15) is 51.1 Å². The lowest BCUT2D eigenvalue weighted by molar-refractivity contribution is -0.126. The average molecular weight is 488 g/mol. The minimum Gasteiger partial charge on any atom is -0.371 e. The Hall–Kier alpha value is -2.45. The van der Waals surface area contributed by atoms with Crippen molar-refractivity contribution >= 4 is 21.6 Å². The highest BCUT2D eigenvalue weighted by atomic mass is 32.2. The predicted molar refractivity (Wildman–Crippen MR) is 131 cm³/mol. The standard InChI is InChI=1S/C26H34FN3O3S/c1-19-5-3-15-29(17-19)24-11-7-21(8-12-24)20(2)28-26(31)22-6-4-16-30(18-22)34(32,33)25-13-9-23(27)10-14-25/h7-14,19-20,22H,3-6,15-18H2,1-2H3,(H,28,31)/t19-,20-,22-/m1/s1. The fourth-order valence-corrected chi connectivity index (χ4v) is 6.47. The summed E-state index contributed by atoms with van der Waals surface area (Å²) in [6.45, 7) is 6.88. The minimum atomic E-state index is -3.76. The first-order valence-corrected chi connectivity index (χ1v) is 13.6. The molecular weight excluding hydrogens is 453 g/mol. The number of benzene rings is 2. The molecule has 0 spiro atoms. The third-order valence-corrected chi connectivity index (χ3v) is 8.86. The molecule has 2 aliphatic heterocycles. The molecule has 2 aromatic rings.